The molecule has 0 aromatic heterocycles. The van der Waals surface area contributed by atoms with E-state index in [2.05, 4.69) is 0 Å². The number of rotatable bonds is 10. The van der Waals surface area contributed by atoms with Gasteiger partial charge in [-0.05, 0) is 25.7 Å². The Morgan fingerprint density at radius 3 is 2.06 bits per heavy atom. The van der Waals surface area contributed by atoms with E-state index >= 15 is 0 Å². The number of hydrogen-bond acceptors (Lipinski definition) is 5. The standard InChI is InChI=1S/C10H23O5P/c1-3-8-14-16(13,15-9-4-2)10(12)6-5-7-11/h10-12H,3-9H2,1-2H3. The summed E-state index contributed by atoms with van der Waals surface area (Å²) in [5.74, 6) is -1.14. The van der Waals surface area contributed by atoms with Crippen molar-refractivity contribution in [1.29, 1.82) is 0 Å². The second-order valence-electron chi connectivity index (χ2n) is 3.55. The van der Waals surface area contributed by atoms with Crippen LogP contribution in [-0.2, 0) is 13.6 Å². The van der Waals surface area contributed by atoms with Crippen LogP contribution in [-0.4, -0.2) is 35.9 Å². The van der Waals surface area contributed by atoms with E-state index in [9.17, 15) is 9.67 Å². The minimum atomic E-state index is -3.43. The van der Waals surface area contributed by atoms with E-state index in [1.807, 2.05) is 13.8 Å². The van der Waals surface area contributed by atoms with E-state index < -0.39 is 13.4 Å². The summed E-state index contributed by atoms with van der Waals surface area (Å²) < 4.78 is 22.4. The normalized spacial score (nSPS) is 14.0. The minimum Gasteiger partial charge on any atom is -0.396 e. The molecule has 2 N–H and O–H groups in total. The Morgan fingerprint density at radius 1 is 1.19 bits per heavy atom. The third-order valence-electron chi connectivity index (χ3n) is 1.94. The lowest BCUT2D eigenvalue weighted by atomic mass is 10.3. The lowest BCUT2D eigenvalue weighted by molar-refractivity contribution is 0.131. The first-order valence-corrected chi connectivity index (χ1v) is 7.39. The van der Waals surface area contributed by atoms with Gasteiger partial charge in [-0.25, -0.2) is 0 Å². The molecule has 1 atom stereocenters. The summed E-state index contributed by atoms with van der Waals surface area (Å²) in [4.78, 5) is 0. The molecule has 0 rings (SSSR count). The SMILES string of the molecule is CCCOP(=O)(OCCC)C(O)CCCO. The minimum absolute atomic E-state index is 0.0430. The smallest absolute Gasteiger partial charge is 0.358 e. The van der Waals surface area contributed by atoms with Gasteiger partial charge >= 0.3 is 7.60 Å². The Kier molecular flexibility index (Phi) is 9.18. The molecule has 98 valence electrons. The van der Waals surface area contributed by atoms with Crippen molar-refractivity contribution in [1.82, 2.24) is 0 Å². The summed E-state index contributed by atoms with van der Waals surface area (Å²) in [5.41, 5.74) is 0. The quantitative estimate of drug-likeness (QED) is 0.584. The molecule has 0 aliphatic rings. The fourth-order valence-corrected chi connectivity index (χ4v) is 2.87. The van der Waals surface area contributed by atoms with Crippen LogP contribution in [0.5, 0.6) is 0 Å². The third kappa shape index (κ3) is 5.97. The molecule has 0 spiro atoms. The largest absolute Gasteiger partial charge is 0.396 e. The van der Waals surface area contributed by atoms with E-state index in [-0.39, 0.29) is 13.0 Å². The second-order valence-corrected chi connectivity index (χ2v) is 5.74. The Balaban J connectivity index is 4.31. The highest BCUT2D eigenvalue weighted by molar-refractivity contribution is 7.54. The highest BCUT2D eigenvalue weighted by Crippen LogP contribution is 2.53. The maximum atomic E-state index is 12.2. The molecule has 0 radical (unpaired) electrons. The molecule has 16 heavy (non-hydrogen) atoms. The van der Waals surface area contributed by atoms with Gasteiger partial charge in [-0.1, -0.05) is 13.8 Å². The van der Waals surface area contributed by atoms with Crippen molar-refractivity contribution in [3.63, 3.8) is 0 Å². The van der Waals surface area contributed by atoms with E-state index in [1.165, 1.54) is 0 Å². The van der Waals surface area contributed by atoms with E-state index in [4.69, 9.17) is 14.2 Å². The molecule has 0 amide bonds. The Morgan fingerprint density at radius 2 is 1.69 bits per heavy atom. The van der Waals surface area contributed by atoms with Gasteiger partial charge < -0.3 is 19.3 Å². The van der Waals surface area contributed by atoms with Crippen LogP contribution >= 0.6 is 7.60 Å². The summed E-state index contributed by atoms with van der Waals surface area (Å²) in [6, 6.07) is 0. The zero-order chi connectivity index (χ0) is 12.4. The number of hydrogen-bond donors (Lipinski definition) is 2. The van der Waals surface area contributed by atoms with Crippen LogP contribution in [0.15, 0.2) is 0 Å². The molecule has 6 heteroatoms. The topological polar surface area (TPSA) is 76.0 Å². The summed E-state index contributed by atoms with van der Waals surface area (Å²) in [6.07, 6.45) is 2.04. The van der Waals surface area contributed by atoms with Gasteiger partial charge in [0.1, 0.15) is 0 Å². The average Bonchev–Trinajstić information content (AvgIpc) is 2.30. The fourth-order valence-electron chi connectivity index (χ4n) is 1.08. The van der Waals surface area contributed by atoms with E-state index in [0.29, 0.717) is 32.5 Å². The van der Waals surface area contributed by atoms with Gasteiger partial charge in [-0.3, -0.25) is 4.57 Å². The van der Waals surface area contributed by atoms with Crippen LogP contribution in [0.3, 0.4) is 0 Å². The van der Waals surface area contributed by atoms with Gasteiger partial charge in [0.05, 0.1) is 13.2 Å². The van der Waals surface area contributed by atoms with Crippen molar-refractivity contribution < 1.29 is 23.8 Å². The summed E-state index contributed by atoms with van der Waals surface area (Å²) in [6.45, 7) is 4.35. The molecule has 0 heterocycles. The number of aliphatic hydroxyl groups excluding tert-OH is 2. The van der Waals surface area contributed by atoms with Crippen molar-refractivity contribution in [2.75, 3.05) is 19.8 Å². The first-order chi connectivity index (χ1) is 7.60. The molecule has 0 aromatic carbocycles. The Hall–Kier alpha value is 0.0700. The monoisotopic (exact) mass is 254 g/mol. The summed E-state index contributed by atoms with van der Waals surface area (Å²) in [7, 11) is -3.43. The molecular weight excluding hydrogens is 231 g/mol. The maximum absolute atomic E-state index is 12.2. The van der Waals surface area contributed by atoms with Crippen molar-refractivity contribution in [3.05, 3.63) is 0 Å². The Labute approximate surface area is 97.3 Å². The lowest BCUT2D eigenvalue weighted by Crippen LogP contribution is -2.14. The predicted molar refractivity (Wildman–Crippen MR) is 62.4 cm³/mol. The van der Waals surface area contributed by atoms with Crippen LogP contribution in [0, 0.1) is 0 Å². The summed E-state index contributed by atoms with van der Waals surface area (Å²) in [5, 5.41) is 18.4. The highest BCUT2D eigenvalue weighted by atomic mass is 31.2. The Bertz CT molecular complexity index is 197. The van der Waals surface area contributed by atoms with E-state index in [1.54, 1.807) is 0 Å². The molecule has 0 aromatic rings. The average molecular weight is 254 g/mol. The van der Waals surface area contributed by atoms with Gasteiger partial charge in [0, 0.05) is 6.61 Å². The molecule has 0 bridgehead atoms. The van der Waals surface area contributed by atoms with Crippen LogP contribution in [0.1, 0.15) is 39.5 Å². The van der Waals surface area contributed by atoms with Crippen LogP contribution in [0.2, 0.25) is 0 Å². The molecule has 0 fully saturated rings. The molecule has 0 saturated carbocycles. The van der Waals surface area contributed by atoms with Crippen molar-refractivity contribution in [3.8, 4) is 0 Å². The third-order valence-corrected chi connectivity index (χ3v) is 4.01. The molecular formula is C10H23O5P. The van der Waals surface area contributed by atoms with Crippen LogP contribution in [0.4, 0.5) is 0 Å². The first kappa shape index (κ1) is 16.1. The first-order valence-electron chi connectivity index (χ1n) is 5.78. The van der Waals surface area contributed by atoms with Gasteiger partial charge in [0.15, 0.2) is 5.85 Å². The second kappa shape index (κ2) is 9.14. The highest BCUT2D eigenvalue weighted by Gasteiger charge is 2.33. The molecule has 5 nitrogen and oxygen atoms in total. The molecule has 0 aliphatic carbocycles. The van der Waals surface area contributed by atoms with Crippen molar-refractivity contribution >= 4 is 7.60 Å². The zero-order valence-electron chi connectivity index (χ0n) is 10.1. The van der Waals surface area contributed by atoms with Crippen molar-refractivity contribution in [2.24, 2.45) is 0 Å². The molecule has 0 aliphatic heterocycles. The number of aliphatic hydroxyl groups is 2. The van der Waals surface area contributed by atoms with Gasteiger partial charge in [-0.15, -0.1) is 0 Å². The molecule has 0 saturated heterocycles. The van der Waals surface area contributed by atoms with Gasteiger partial charge in [0.2, 0.25) is 0 Å². The van der Waals surface area contributed by atoms with Gasteiger partial charge in [-0.2, -0.15) is 0 Å². The summed E-state index contributed by atoms with van der Waals surface area (Å²) >= 11 is 0. The van der Waals surface area contributed by atoms with Crippen LogP contribution in [0.25, 0.3) is 0 Å². The van der Waals surface area contributed by atoms with E-state index in [0.717, 1.165) is 0 Å². The maximum Gasteiger partial charge on any atom is 0.358 e. The molecule has 1 unspecified atom stereocenters. The van der Waals surface area contributed by atoms with Crippen molar-refractivity contribution in [2.45, 2.75) is 45.4 Å². The van der Waals surface area contributed by atoms with Crippen LogP contribution < -0.4 is 0 Å². The zero-order valence-corrected chi connectivity index (χ0v) is 11.0. The fraction of sp³-hybridized carbons (Fsp3) is 1.00. The predicted octanol–water partition coefficient (Wildman–Crippen LogP) is 2.12. The van der Waals surface area contributed by atoms with Gasteiger partial charge in [0.25, 0.3) is 0 Å². The lowest BCUT2D eigenvalue weighted by Gasteiger charge is -2.22.